The predicted molar refractivity (Wildman–Crippen MR) is 112 cm³/mol. The zero-order valence-electron chi connectivity index (χ0n) is 17.9. The molecule has 1 aromatic heterocycles. The molecule has 3 atom stereocenters. The Bertz CT molecular complexity index is 1200. The molecule has 3 unspecified atom stereocenters. The standard InChI is InChI=1S/C23H23F2N3O4/c1-11-6-16(24)14(17(25)7-11)8-26-22(31)15-9-28-18-10-27(13(3)5-4-12(18)2)23(32)19(28)21(30)20(15)29/h4-7,9,12-13,18,30H,8,10H2,1-3H3,(H,26,31). The van der Waals surface area contributed by atoms with Crippen LogP contribution in [0.5, 0.6) is 5.75 Å². The van der Waals surface area contributed by atoms with Crippen LogP contribution in [0.2, 0.25) is 0 Å². The second-order valence-corrected chi connectivity index (χ2v) is 8.38. The first kappa shape index (κ1) is 21.7. The highest BCUT2D eigenvalue weighted by Crippen LogP contribution is 2.34. The number of rotatable bonds is 3. The highest BCUT2D eigenvalue weighted by molar-refractivity contribution is 5.99. The number of fused-ring (bicyclic) bond motifs is 4. The quantitative estimate of drug-likeness (QED) is 0.714. The van der Waals surface area contributed by atoms with Gasteiger partial charge in [0.15, 0.2) is 11.4 Å². The number of nitrogens with one attached hydrogen (secondary N) is 1. The Hall–Kier alpha value is -3.49. The minimum Gasteiger partial charge on any atom is -0.503 e. The zero-order chi connectivity index (χ0) is 23.3. The van der Waals surface area contributed by atoms with Crippen molar-refractivity contribution >= 4 is 11.8 Å². The Labute approximate surface area is 183 Å². The van der Waals surface area contributed by atoms with E-state index in [4.69, 9.17) is 0 Å². The molecule has 0 saturated heterocycles. The van der Waals surface area contributed by atoms with Crippen molar-refractivity contribution in [1.82, 2.24) is 14.8 Å². The lowest BCUT2D eigenvalue weighted by Crippen LogP contribution is -2.48. The molecule has 2 aliphatic rings. The molecule has 0 saturated carbocycles. The van der Waals surface area contributed by atoms with E-state index >= 15 is 0 Å². The van der Waals surface area contributed by atoms with Gasteiger partial charge in [0.25, 0.3) is 11.8 Å². The van der Waals surface area contributed by atoms with Gasteiger partial charge in [-0.3, -0.25) is 14.4 Å². The van der Waals surface area contributed by atoms with Crippen molar-refractivity contribution < 1.29 is 23.5 Å². The van der Waals surface area contributed by atoms with E-state index in [1.54, 1.807) is 4.90 Å². The molecule has 2 aliphatic heterocycles. The van der Waals surface area contributed by atoms with E-state index in [2.05, 4.69) is 5.32 Å². The molecule has 2 aromatic rings. The predicted octanol–water partition coefficient (Wildman–Crippen LogP) is 2.66. The average Bonchev–Trinajstić information content (AvgIpc) is 2.85. The molecule has 168 valence electrons. The summed E-state index contributed by atoms with van der Waals surface area (Å²) in [7, 11) is 0. The summed E-state index contributed by atoms with van der Waals surface area (Å²) < 4.78 is 29.6. The summed E-state index contributed by atoms with van der Waals surface area (Å²) in [5.41, 5.74) is -1.53. The Morgan fingerprint density at radius 2 is 1.84 bits per heavy atom. The first-order valence-electron chi connectivity index (χ1n) is 10.3. The molecule has 2 amide bonds. The van der Waals surface area contributed by atoms with E-state index in [-0.39, 0.29) is 29.3 Å². The molecule has 32 heavy (non-hydrogen) atoms. The van der Waals surface area contributed by atoms with Crippen LogP contribution in [0, 0.1) is 24.5 Å². The summed E-state index contributed by atoms with van der Waals surface area (Å²) in [6.45, 7) is 5.20. The van der Waals surface area contributed by atoms with Crippen LogP contribution in [-0.2, 0) is 6.54 Å². The van der Waals surface area contributed by atoms with Crippen molar-refractivity contribution in [2.45, 2.75) is 39.4 Å². The van der Waals surface area contributed by atoms with Crippen molar-refractivity contribution in [2.75, 3.05) is 6.54 Å². The molecule has 0 spiro atoms. The molecular formula is C23H23F2N3O4. The van der Waals surface area contributed by atoms with Crippen molar-refractivity contribution in [3.8, 4) is 5.75 Å². The van der Waals surface area contributed by atoms with Crippen molar-refractivity contribution in [3.63, 3.8) is 0 Å². The maximum atomic E-state index is 14.1. The van der Waals surface area contributed by atoms with Crippen molar-refractivity contribution in [1.29, 1.82) is 0 Å². The summed E-state index contributed by atoms with van der Waals surface area (Å²) in [6, 6.07) is 1.78. The van der Waals surface area contributed by atoms with Gasteiger partial charge in [-0.2, -0.15) is 0 Å². The third kappa shape index (κ3) is 3.47. The molecule has 7 nitrogen and oxygen atoms in total. The first-order valence-corrected chi connectivity index (χ1v) is 10.3. The molecule has 9 heteroatoms. The molecule has 0 aliphatic carbocycles. The van der Waals surface area contributed by atoms with Gasteiger partial charge in [0.2, 0.25) is 5.43 Å². The first-order chi connectivity index (χ1) is 15.1. The van der Waals surface area contributed by atoms with Gasteiger partial charge in [0.1, 0.15) is 17.2 Å². The van der Waals surface area contributed by atoms with E-state index < -0.39 is 46.7 Å². The van der Waals surface area contributed by atoms with Gasteiger partial charge in [-0.05, 0) is 37.5 Å². The van der Waals surface area contributed by atoms with Gasteiger partial charge in [0, 0.05) is 30.9 Å². The van der Waals surface area contributed by atoms with Gasteiger partial charge in [-0.15, -0.1) is 0 Å². The van der Waals surface area contributed by atoms with Gasteiger partial charge < -0.3 is 19.9 Å². The Balaban J connectivity index is 1.71. The van der Waals surface area contributed by atoms with Crippen molar-refractivity contribution in [2.24, 2.45) is 5.92 Å². The number of aromatic nitrogens is 1. The maximum absolute atomic E-state index is 14.1. The molecular weight excluding hydrogens is 420 g/mol. The minimum absolute atomic E-state index is 0.0390. The van der Waals surface area contributed by atoms with Crippen LogP contribution in [0.1, 0.15) is 51.9 Å². The molecule has 0 fully saturated rings. The topological polar surface area (TPSA) is 91.6 Å². The van der Waals surface area contributed by atoms with E-state index in [0.717, 1.165) is 12.1 Å². The number of pyridine rings is 1. The summed E-state index contributed by atoms with van der Waals surface area (Å²) in [6.07, 6.45) is 5.09. The summed E-state index contributed by atoms with van der Waals surface area (Å²) >= 11 is 0. The number of carbonyl (C=O) groups is 2. The fourth-order valence-corrected chi connectivity index (χ4v) is 4.26. The lowest BCUT2D eigenvalue weighted by atomic mass is 9.98. The van der Waals surface area contributed by atoms with Crippen LogP contribution in [0.15, 0.2) is 35.3 Å². The number of nitrogens with zero attached hydrogens (tertiary/aromatic N) is 2. The fourth-order valence-electron chi connectivity index (χ4n) is 4.26. The second-order valence-electron chi connectivity index (χ2n) is 8.38. The number of benzene rings is 1. The SMILES string of the molecule is Cc1cc(F)c(CNC(=O)c2cn3c(c(O)c2=O)C(=O)N2CC3C(C)C=CC2C)c(F)c1. The molecule has 2 bridgehead atoms. The summed E-state index contributed by atoms with van der Waals surface area (Å²) in [5, 5.41) is 12.9. The van der Waals surface area contributed by atoms with Crippen LogP contribution >= 0.6 is 0 Å². The third-order valence-electron chi connectivity index (χ3n) is 6.16. The van der Waals surface area contributed by atoms with E-state index in [0.29, 0.717) is 12.1 Å². The number of allylic oxidation sites excluding steroid dienone is 1. The fraction of sp³-hybridized carbons (Fsp3) is 0.348. The second kappa shape index (κ2) is 7.89. The number of carbonyl (C=O) groups excluding carboxylic acids is 2. The number of amides is 2. The minimum atomic E-state index is -1.01. The zero-order valence-corrected chi connectivity index (χ0v) is 17.9. The van der Waals surface area contributed by atoms with Crippen LogP contribution < -0.4 is 10.7 Å². The molecule has 3 heterocycles. The highest BCUT2D eigenvalue weighted by atomic mass is 19.1. The summed E-state index contributed by atoms with van der Waals surface area (Å²) in [4.78, 5) is 40.0. The van der Waals surface area contributed by atoms with E-state index in [9.17, 15) is 28.3 Å². The lowest BCUT2D eigenvalue weighted by molar-refractivity contribution is 0.0612. The number of halogens is 2. The van der Waals surface area contributed by atoms with E-state index in [1.165, 1.54) is 17.7 Å². The average molecular weight is 443 g/mol. The number of aromatic hydroxyl groups is 1. The van der Waals surface area contributed by atoms with Crippen LogP contribution in [-0.4, -0.2) is 39.0 Å². The van der Waals surface area contributed by atoms with Gasteiger partial charge in [-0.25, -0.2) is 8.78 Å². The largest absolute Gasteiger partial charge is 0.503 e. The Kier molecular flexibility index (Phi) is 5.36. The Morgan fingerprint density at radius 1 is 1.19 bits per heavy atom. The number of hydrogen-bond acceptors (Lipinski definition) is 4. The molecule has 1 aromatic carbocycles. The molecule has 2 N–H and O–H groups in total. The van der Waals surface area contributed by atoms with Crippen LogP contribution in [0.3, 0.4) is 0 Å². The van der Waals surface area contributed by atoms with Gasteiger partial charge >= 0.3 is 0 Å². The highest BCUT2D eigenvalue weighted by Gasteiger charge is 2.39. The van der Waals surface area contributed by atoms with Gasteiger partial charge in [-0.1, -0.05) is 19.1 Å². The van der Waals surface area contributed by atoms with Crippen LogP contribution in [0.25, 0.3) is 0 Å². The molecule has 0 radical (unpaired) electrons. The van der Waals surface area contributed by atoms with E-state index in [1.807, 2.05) is 26.0 Å². The number of aryl methyl sites for hydroxylation is 1. The number of hydrogen-bond donors (Lipinski definition) is 2. The maximum Gasteiger partial charge on any atom is 0.275 e. The van der Waals surface area contributed by atoms with Crippen molar-refractivity contribution in [3.05, 3.63) is 74.7 Å². The van der Waals surface area contributed by atoms with Gasteiger partial charge in [0.05, 0.1) is 6.04 Å². The molecule has 4 rings (SSSR count). The normalized spacial score (nSPS) is 21.8. The smallest absolute Gasteiger partial charge is 0.275 e. The summed E-state index contributed by atoms with van der Waals surface area (Å²) in [5.74, 6) is -3.88. The Morgan fingerprint density at radius 3 is 2.50 bits per heavy atom. The monoisotopic (exact) mass is 443 g/mol. The van der Waals surface area contributed by atoms with Crippen LogP contribution in [0.4, 0.5) is 8.78 Å². The lowest BCUT2D eigenvalue weighted by Gasteiger charge is -2.38. The third-order valence-corrected chi connectivity index (χ3v) is 6.16.